The summed E-state index contributed by atoms with van der Waals surface area (Å²) in [5, 5.41) is 12.7. The van der Waals surface area contributed by atoms with Crippen molar-refractivity contribution in [2.75, 3.05) is 20.1 Å². The standard InChI is InChI=1S/C34H50FN7O7/c1-20(2)24(39-34(49)42(35)21(3)4)18-28(44)41-16-10-15-26(41)31(46)38-25(17-22-11-9-12-22)30(45)33(48)37-19-27(43)40-29(32(47)36-5)23-13-7-6-8-14-23/h6-8,13-14,20-22,24-26,29H,9-12,15-19H2,1-5H3,(H,36,47)(H,37,48)(H,38,46)(H,39,49)(H,40,43)/t24?,25-,26?,29?/m0/s1. The van der Waals surface area contributed by atoms with Gasteiger partial charge >= 0.3 is 6.03 Å². The smallest absolute Gasteiger partial charge is 0.345 e. The molecule has 49 heavy (non-hydrogen) atoms. The number of hydrogen-bond donors (Lipinski definition) is 5. The molecule has 2 aliphatic rings. The second-order valence-electron chi connectivity index (χ2n) is 13.3. The lowest BCUT2D eigenvalue weighted by atomic mass is 9.80. The third-order valence-electron chi connectivity index (χ3n) is 9.04. The van der Waals surface area contributed by atoms with Gasteiger partial charge in [-0.2, -0.15) is 5.12 Å². The van der Waals surface area contributed by atoms with Crippen LogP contribution in [0.1, 0.15) is 84.2 Å². The predicted molar refractivity (Wildman–Crippen MR) is 178 cm³/mol. The average Bonchev–Trinajstić information content (AvgIpc) is 3.56. The fourth-order valence-corrected chi connectivity index (χ4v) is 5.82. The molecule has 1 aliphatic heterocycles. The van der Waals surface area contributed by atoms with Crippen molar-refractivity contribution in [3.05, 3.63) is 35.9 Å². The maximum atomic E-state index is 14.1. The normalized spacial score (nSPS) is 17.7. The highest BCUT2D eigenvalue weighted by molar-refractivity contribution is 6.38. The zero-order chi connectivity index (χ0) is 36.2. The van der Waals surface area contributed by atoms with Crippen LogP contribution < -0.4 is 26.6 Å². The summed E-state index contributed by atoms with van der Waals surface area (Å²) in [6.07, 6.45) is 3.60. The molecule has 270 valence electrons. The fourth-order valence-electron chi connectivity index (χ4n) is 5.82. The van der Waals surface area contributed by atoms with Gasteiger partial charge in [-0.05, 0) is 50.5 Å². The number of urea groups is 1. The third kappa shape index (κ3) is 11.0. The molecule has 1 aliphatic carbocycles. The van der Waals surface area contributed by atoms with Crippen LogP contribution in [0.3, 0.4) is 0 Å². The molecule has 14 nitrogen and oxygen atoms in total. The Kier molecular flexibility index (Phi) is 14.5. The Morgan fingerprint density at radius 2 is 1.59 bits per heavy atom. The Labute approximate surface area is 286 Å². The number of likely N-dealkylation sites (N-methyl/N-ethyl adjacent to an activating group) is 1. The van der Waals surface area contributed by atoms with E-state index >= 15 is 0 Å². The van der Waals surface area contributed by atoms with Gasteiger partial charge in [0, 0.05) is 26.1 Å². The molecule has 1 saturated carbocycles. The van der Waals surface area contributed by atoms with Crippen LogP contribution in [-0.4, -0.2) is 95.7 Å². The highest BCUT2D eigenvalue weighted by Gasteiger charge is 2.39. The highest BCUT2D eigenvalue weighted by atomic mass is 19.2. The van der Waals surface area contributed by atoms with Crippen LogP contribution in [0.2, 0.25) is 0 Å². The Balaban J connectivity index is 1.63. The van der Waals surface area contributed by atoms with Gasteiger partial charge in [-0.3, -0.25) is 28.8 Å². The van der Waals surface area contributed by atoms with Crippen LogP contribution in [0.5, 0.6) is 0 Å². The monoisotopic (exact) mass is 687 g/mol. The van der Waals surface area contributed by atoms with E-state index < -0.39 is 78.1 Å². The van der Waals surface area contributed by atoms with Crippen molar-refractivity contribution in [3.63, 3.8) is 0 Å². The van der Waals surface area contributed by atoms with Gasteiger partial charge in [0.2, 0.25) is 29.4 Å². The van der Waals surface area contributed by atoms with Crippen LogP contribution >= 0.6 is 0 Å². The molecule has 1 heterocycles. The van der Waals surface area contributed by atoms with Crippen molar-refractivity contribution in [2.45, 2.75) is 103 Å². The van der Waals surface area contributed by atoms with Crippen LogP contribution in [-0.2, 0) is 28.8 Å². The highest BCUT2D eigenvalue weighted by Crippen LogP contribution is 2.31. The minimum absolute atomic E-state index is 0.0557. The summed E-state index contributed by atoms with van der Waals surface area (Å²) in [6.45, 7) is 6.32. The minimum Gasteiger partial charge on any atom is -0.357 e. The molecule has 0 spiro atoms. The lowest BCUT2D eigenvalue weighted by Gasteiger charge is -2.32. The van der Waals surface area contributed by atoms with Gasteiger partial charge in [-0.25, -0.2) is 4.79 Å². The molecule has 5 N–H and O–H groups in total. The molecule has 1 saturated heterocycles. The number of nitrogens with zero attached hydrogens (tertiary/aromatic N) is 2. The van der Waals surface area contributed by atoms with Gasteiger partial charge < -0.3 is 31.5 Å². The van der Waals surface area contributed by atoms with Gasteiger partial charge in [-0.15, -0.1) is 0 Å². The van der Waals surface area contributed by atoms with Crippen molar-refractivity contribution >= 4 is 41.4 Å². The molecule has 3 rings (SSSR count). The second-order valence-corrected chi connectivity index (χ2v) is 13.3. The number of benzene rings is 1. The molecule has 1 aromatic rings. The van der Waals surface area contributed by atoms with E-state index in [9.17, 15) is 38.0 Å². The summed E-state index contributed by atoms with van der Waals surface area (Å²) in [4.78, 5) is 92.1. The van der Waals surface area contributed by atoms with Crippen LogP contribution in [0.25, 0.3) is 0 Å². The number of carbonyl (C=O) groups is 7. The number of likely N-dealkylation sites (tertiary alicyclic amines) is 1. The fraction of sp³-hybridized carbons (Fsp3) is 0.618. The van der Waals surface area contributed by atoms with Crippen LogP contribution in [0.4, 0.5) is 9.28 Å². The summed E-state index contributed by atoms with van der Waals surface area (Å²) in [5.74, 6) is -4.20. The van der Waals surface area contributed by atoms with Gasteiger partial charge in [0.1, 0.15) is 12.1 Å². The second kappa shape index (κ2) is 18.3. The van der Waals surface area contributed by atoms with Crippen molar-refractivity contribution in [1.82, 2.24) is 36.6 Å². The molecule has 2 fully saturated rings. The van der Waals surface area contributed by atoms with Gasteiger partial charge in [-0.1, -0.05) is 67.9 Å². The first kappa shape index (κ1) is 38.9. The molecule has 15 heteroatoms. The number of hydrogen-bond acceptors (Lipinski definition) is 7. The quantitative estimate of drug-likeness (QED) is 0.129. The number of carbonyl (C=O) groups excluding carboxylic acids is 7. The predicted octanol–water partition coefficient (Wildman–Crippen LogP) is 1.66. The molecular weight excluding hydrogens is 637 g/mol. The molecule has 0 aromatic heterocycles. The maximum Gasteiger partial charge on any atom is 0.345 e. The van der Waals surface area contributed by atoms with Crippen molar-refractivity contribution in [1.29, 1.82) is 0 Å². The van der Waals surface area contributed by atoms with E-state index in [1.165, 1.54) is 25.8 Å². The number of nitrogens with one attached hydrogen (secondary N) is 5. The summed E-state index contributed by atoms with van der Waals surface area (Å²) in [6, 6.07) is 3.13. The zero-order valence-corrected chi connectivity index (χ0v) is 28.9. The zero-order valence-electron chi connectivity index (χ0n) is 28.9. The minimum atomic E-state index is -1.17. The van der Waals surface area contributed by atoms with Crippen LogP contribution in [0.15, 0.2) is 30.3 Å². The lowest BCUT2D eigenvalue weighted by molar-refractivity contribution is -0.143. The van der Waals surface area contributed by atoms with Crippen molar-refractivity contribution in [3.8, 4) is 0 Å². The van der Waals surface area contributed by atoms with E-state index in [2.05, 4.69) is 26.6 Å². The van der Waals surface area contributed by atoms with Crippen LogP contribution in [0, 0.1) is 11.8 Å². The largest absolute Gasteiger partial charge is 0.357 e. The topological polar surface area (TPSA) is 186 Å². The summed E-state index contributed by atoms with van der Waals surface area (Å²) < 4.78 is 14.1. The molecule has 0 bridgehead atoms. The van der Waals surface area contributed by atoms with E-state index in [1.807, 2.05) is 0 Å². The SMILES string of the molecule is CNC(=O)C(NC(=O)CNC(=O)C(=O)[C@H](CC1CCC1)NC(=O)C1CCCN1C(=O)CC(NC(=O)N(F)C(C)C)C(C)C)c1ccccc1. The van der Waals surface area contributed by atoms with Crippen molar-refractivity contribution in [2.24, 2.45) is 11.8 Å². The Morgan fingerprint density at radius 3 is 2.16 bits per heavy atom. The Hall–Kier alpha value is -4.56. The summed E-state index contributed by atoms with van der Waals surface area (Å²) >= 11 is 0. The van der Waals surface area contributed by atoms with E-state index in [-0.39, 0.29) is 36.3 Å². The average molecular weight is 688 g/mol. The summed E-state index contributed by atoms with van der Waals surface area (Å²) in [5.41, 5.74) is 0.530. The van der Waals surface area contributed by atoms with Gasteiger partial charge in [0.05, 0.1) is 18.6 Å². The Morgan fingerprint density at radius 1 is 0.918 bits per heavy atom. The van der Waals surface area contributed by atoms with E-state index in [1.54, 1.807) is 44.2 Å². The van der Waals surface area contributed by atoms with E-state index in [4.69, 9.17) is 0 Å². The number of ketones is 1. The molecule has 1 aromatic carbocycles. The number of rotatable bonds is 16. The lowest BCUT2D eigenvalue weighted by Crippen LogP contribution is -2.55. The first-order valence-electron chi connectivity index (χ1n) is 17.0. The molecule has 3 unspecified atom stereocenters. The van der Waals surface area contributed by atoms with Crippen molar-refractivity contribution < 1.29 is 38.0 Å². The van der Waals surface area contributed by atoms with E-state index in [0.29, 0.717) is 18.4 Å². The third-order valence-corrected chi connectivity index (χ3v) is 9.04. The first-order valence-corrected chi connectivity index (χ1v) is 17.0. The van der Waals surface area contributed by atoms with E-state index in [0.717, 1.165) is 19.3 Å². The number of amides is 7. The molecule has 0 radical (unpaired) electrons. The number of halogens is 1. The van der Waals surface area contributed by atoms with Gasteiger partial charge in [0.15, 0.2) is 0 Å². The molecule has 4 atom stereocenters. The summed E-state index contributed by atoms with van der Waals surface area (Å²) in [7, 11) is 1.43. The Bertz CT molecular complexity index is 1360. The number of Topliss-reactive ketones (excluding diaryl/α,β-unsaturated/α-hetero) is 1. The molecular formula is C34H50FN7O7. The molecule has 7 amide bonds. The maximum absolute atomic E-state index is 14.1. The first-order chi connectivity index (χ1) is 23.2. The van der Waals surface area contributed by atoms with Gasteiger partial charge in [0.25, 0.3) is 5.91 Å².